The number of ether oxygens (including phenoxy) is 2. The van der Waals surface area contributed by atoms with Crippen LogP contribution >= 0.6 is 0 Å². The maximum Gasteiger partial charge on any atom is 0.330 e. The minimum atomic E-state index is -0.586. The summed E-state index contributed by atoms with van der Waals surface area (Å²) >= 11 is 0. The van der Waals surface area contributed by atoms with Gasteiger partial charge in [-0.05, 0) is 61.3 Å². The topological polar surface area (TPSA) is 115 Å². The van der Waals surface area contributed by atoms with Gasteiger partial charge in [0.1, 0.15) is 13.2 Å². The van der Waals surface area contributed by atoms with Gasteiger partial charge >= 0.3 is 5.69 Å². The number of fused-ring (bicyclic) bond motifs is 2. The Morgan fingerprint density at radius 2 is 1.86 bits per heavy atom. The van der Waals surface area contributed by atoms with E-state index >= 15 is 0 Å². The van der Waals surface area contributed by atoms with Crippen LogP contribution in [-0.4, -0.2) is 33.7 Å². The Morgan fingerprint density at radius 1 is 1.11 bits per heavy atom. The number of benzene rings is 1. The molecule has 2 fully saturated rings. The number of nitrogens with one attached hydrogen (secondary N) is 2. The zero-order valence-corrected chi connectivity index (χ0v) is 20.5. The molecule has 9 heteroatoms. The summed E-state index contributed by atoms with van der Waals surface area (Å²) in [4.78, 5) is 46.6. The smallest absolute Gasteiger partial charge is 0.330 e. The van der Waals surface area contributed by atoms with Crippen molar-refractivity contribution in [3.63, 3.8) is 0 Å². The second-order valence-electron chi connectivity index (χ2n) is 10.5. The minimum absolute atomic E-state index is 0.161. The van der Waals surface area contributed by atoms with Gasteiger partial charge < -0.3 is 14.8 Å². The third-order valence-electron chi connectivity index (χ3n) is 7.06. The van der Waals surface area contributed by atoms with Crippen LogP contribution in [0.4, 0.5) is 0 Å². The number of aromatic nitrogens is 3. The van der Waals surface area contributed by atoms with Gasteiger partial charge in [0.05, 0.1) is 17.0 Å². The molecule has 9 nitrogen and oxygen atoms in total. The average molecular weight is 491 g/mol. The number of H-pyrrole nitrogens is 1. The molecule has 1 atom stereocenters. The fourth-order valence-electron chi connectivity index (χ4n) is 4.97. The quantitative estimate of drug-likeness (QED) is 0.525. The molecular weight excluding hydrogens is 460 g/mol. The molecule has 188 valence electrons. The van der Waals surface area contributed by atoms with Crippen molar-refractivity contribution in [2.75, 3.05) is 13.2 Å². The normalized spacial score (nSPS) is 17.9. The summed E-state index contributed by atoms with van der Waals surface area (Å²) in [6.45, 7) is 5.40. The molecule has 3 heterocycles. The Balaban J connectivity index is 1.43. The number of carbonyl (C=O) groups excluding carboxylic acids is 1. The first-order chi connectivity index (χ1) is 17.4. The third-order valence-corrected chi connectivity index (χ3v) is 7.06. The monoisotopic (exact) mass is 490 g/mol. The van der Waals surface area contributed by atoms with Crippen LogP contribution in [0.15, 0.2) is 33.9 Å². The summed E-state index contributed by atoms with van der Waals surface area (Å²) in [5.41, 5.74) is 1.18. The van der Waals surface area contributed by atoms with Gasteiger partial charge in [0, 0.05) is 18.2 Å². The van der Waals surface area contributed by atoms with Crippen LogP contribution in [0.3, 0.4) is 0 Å². The zero-order chi connectivity index (χ0) is 25.0. The summed E-state index contributed by atoms with van der Waals surface area (Å²) in [5, 5.41) is 3.36. The summed E-state index contributed by atoms with van der Waals surface area (Å²) < 4.78 is 12.9. The van der Waals surface area contributed by atoms with Crippen LogP contribution in [0.5, 0.6) is 11.5 Å². The van der Waals surface area contributed by atoms with Gasteiger partial charge in [-0.2, -0.15) is 0 Å². The molecule has 0 saturated heterocycles. The van der Waals surface area contributed by atoms with Crippen LogP contribution in [0, 0.1) is 11.8 Å². The van der Waals surface area contributed by atoms with Crippen LogP contribution < -0.4 is 26.0 Å². The van der Waals surface area contributed by atoms with Crippen LogP contribution in [-0.2, 0) is 6.54 Å². The van der Waals surface area contributed by atoms with Gasteiger partial charge in [0.2, 0.25) is 0 Å². The van der Waals surface area contributed by atoms with Crippen LogP contribution in [0.1, 0.15) is 73.1 Å². The maximum absolute atomic E-state index is 13.8. The van der Waals surface area contributed by atoms with Crippen molar-refractivity contribution in [2.24, 2.45) is 11.8 Å². The summed E-state index contributed by atoms with van der Waals surface area (Å²) in [6.07, 6.45) is 3.99. The van der Waals surface area contributed by atoms with Crippen molar-refractivity contribution >= 4 is 16.9 Å². The highest BCUT2D eigenvalue weighted by Crippen LogP contribution is 2.44. The molecule has 6 rings (SSSR count). The summed E-state index contributed by atoms with van der Waals surface area (Å²) in [7, 11) is 0. The first kappa shape index (κ1) is 22.8. The molecule has 2 aromatic heterocycles. The van der Waals surface area contributed by atoms with Crippen LogP contribution in [0.25, 0.3) is 11.0 Å². The molecule has 3 aromatic rings. The summed E-state index contributed by atoms with van der Waals surface area (Å²) in [6, 6.07) is 7.30. The predicted molar refractivity (Wildman–Crippen MR) is 134 cm³/mol. The van der Waals surface area contributed by atoms with E-state index in [1.807, 2.05) is 32.0 Å². The van der Waals surface area contributed by atoms with E-state index in [1.165, 1.54) is 4.57 Å². The fraction of sp³-hybridized carbons (Fsp3) is 0.481. The van der Waals surface area contributed by atoms with Crippen molar-refractivity contribution in [3.8, 4) is 11.5 Å². The number of carbonyl (C=O) groups is 1. The van der Waals surface area contributed by atoms with Gasteiger partial charge in [0.25, 0.3) is 11.5 Å². The third kappa shape index (κ3) is 4.27. The molecule has 2 saturated carbocycles. The highest BCUT2D eigenvalue weighted by atomic mass is 16.6. The minimum Gasteiger partial charge on any atom is -0.486 e. The Bertz CT molecular complexity index is 1470. The first-order valence-electron chi connectivity index (χ1n) is 12.8. The standard InChI is InChI=1S/C27H30N4O5/c1-14(2)13-31-24-22(26(33)30-27(31)34)18(12-19(28-24)15-3-4-15)25(32)29-23(16-5-6-16)17-7-8-20-21(11-17)36-10-9-35-20/h7-8,11-12,14-16,23H,3-6,9-10,13H2,1-2H3,(H,29,32)(H,30,33,34). The van der Waals surface area contributed by atoms with Gasteiger partial charge in [-0.25, -0.2) is 9.78 Å². The number of pyridine rings is 1. The Labute approximate surface area is 207 Å². The van der Waals surface area contributed by atoms with Crippen molar-refractivity contribution in [1.82, 2.24) is 19.9 Å². The molecule has 36 heavy (non-hydrogen) atoms. The number of hydrogen-bond acceptors (Lipinski definition) is 6. The lowest BCUT2D eigenvalue weighted by atomic mass is 10.00. The van der Waals surface area contributed by atoms with Crippen molar-refractivity contribution < 1.29 is 14.3 Å². The van der Waals surface area contributed by atoms with Crippen molar-refractivity contribution in [2.45, 2.75) is 58.0 Å². The van der Waals surface area contributed by atoms with E-state index < -0.39 is 11.2 Å². The number of rotatable bonds is 7. The Morgan fingerprint density at radius 3 is 2.56 bits per heavy atom. The van der Waals surface area contributed by atoms with E-state index in [2.05, 4.69) is 10.3 Å². The molecule has 1 unspecified atom stereocenters. The lowest BCUT2D eigenvalue weighted by Crippen LogP contribution is -2.35. The lowest BCUT2D eigenvalue weighted by molar-refractivity contribution is 0.0933. The molecule has 1 amide bonds. The Kier molecular flexibility index (Phi) is 5.58. The van der Waals surface area contributed by atoms with E-state index in [0.717, 1.165) is 36.9 Å². The molecule has 1 aliphatic heterocycles. The highest BCUT2D eigenvalue weighted by Gasteiger charge is 2.35. The van der Waals surface area contributed by atoms with Gasteiger partial charge in [-0.3, -0.25) is 19.1 Å². The second kappa shape index (κ2) is 8.80. The van der Waals surface area contributed by atoms with Gasteiger partial charge in [-0.1, -0.05) is 19.9 Å². The van der Waals surface area contributed by atoms with Gasteiger partial charge in [0.15, 0.2) is 17.1 Å². The van der Waals surface area contributed by atoms with E-state index in [4.69, 9.17) is 14.5 Å². The van der Waals surface area contributed by atoms with Crippen molar-refractivity contribution in [1.29, 1.82) is 0 Å². The summed E-state index contributed by atoms with van der Waals surface area (Å²) in [5.74, 6) is 1.77. The molecule has 3 aliphatic rings. The second-order valence-corrected chi connectivity index (χ2v) is 10.5. The molecule has 0 spiro atoms. The van der Waals surface area contributed by atoms with E-state index in [9.17, 15) is 14.4 Å². The number of amides is 1. The molecule has 2 N–H and O–H groups in total. The first-order valence-corrected chi connectivity index (χ1v) is 12.8. The number of hydrogen-bond donors (Lipinski definition) is 2. The average Bonchev–Trinajstić information content (AvgIpc) is 3.77. The molecule has 0 bridgehead atoms. The Hall–Kier alpha value is -3.62. The number of aromatic amines is 1. The SMILES string of the molecule is CC(C)Cn1c(=O)[nH]c(=O)c2c(C(=O)NC(c3ccc4c(c3)OCCO4)C3CC3)cc(C3CC3)nc21. The molecule has 0 radical (unpaired) electrons. The molecule has 1 aromatic carbocycles. The largest absolute Gasteiger partial charge is 0.486 e. The van der Waals surface area contributed by atoms with Crippen LogP contribution in [0.2, 0.25) is 0 Å². The van der Waals surface area contributed by atoms with Crippen molar-refractivity contribution in [3.05, 3.63) is 61.9 Å². The van der Waals surface area contributed by atoms with E-state index in [-0.39, 0.29) is 40.4 Å². The molecule has 2 aliphatic carbocycles. The highest BCUT2D eigenvalue weighted by molar-refractivity contribution is 6.05. The van der Waals surface area contributed by atoms with E-state index in [0.29, 0.717) is 37.2 Å². The predicted octanol–water partition coefficient (Wildman–Crippen LogP) is 3.27. The lowest BCUT2D eigenvalue weighted by Gasteiger charge is -2.23. The molecular formula is C27H30N4O5. The van der Waals surface area contributed by atoms with E-state index in [1.54, 1.807) is 6.07 Å². The maximum atomic E-state index is 13.8. The fourth-order valence-corrected chi connectivity index (χ4v) is 4.97. The zero-order valence-electron chi connectivity index (χ0n) is 20.5. The van der Waals surface area contributed by atoms with Gasteiger partial charge in [-0.15, -0.1) is 0 Å². The number of nitrogens with zero attached hydrogens (tertiary/aromatic N) is 2.